The van der Waals surface area contributed by atoms with Crippen LogP contribution in [0.4, 0.5) is 5.69 Å². The van der Waals surface area contributed by atoms with Gasteiger partial charge in [-0.3, -0.25) is 9.59 Å². The second-order valence-electron chi connectivity index (χ2n) is 9.07. The van der Waals surface area contributed by atoms with Gasteiger partial charge in [-0.2, -0.15) is 0 Å². The number of hydrogen-bond acceptors (Lipinski definition) is 5. The summed E-state index contributed by atoms with van der Waals surface area (Å²) in [7, 11) is -2.12. The van der Waals surface area contributed by atoms with E-state index in [0.717, 1.165) is 16.8 Å². The Kier molecular flexibility index (Phi) is 6.95. The van der Waals surface area contributed by atoms with Gasteiger partial charge in [0.25, 0.3) is 0 Å². The van der Waals surface area contributed by atoms with Crippen LogP contribution in [-0.4, -0.2) is 57.9 Å². The fourth-order valence-corrected chi connectivity index (χ4v) is 5.84. The highest BCUT2D eigenvalue weighted by atomic mass is 32.2. The number of rotatable bonds is 6. The van der Waals surface area contributed by atoms with Gasteiger partial charge in [0.15, 0.2) is 0 Å². The zero-order chi connectivity index (χ0) is 24.5. The van der Waals surface area contributed by atoms with E-state index in [0.29, 0.717) is 38.2 Å². The molecule has 2 saturated heterocycles. The number of benzene rings is 2. The van der Waals surface area contributed by atoms with E-state index < -0.39 is 10.0 Å². The van der Waals surface area contributed by atoms with Crippen LogP contribution in [0.25, 0.3) is 0 Å². The molecule has 0 bridgehead atoms. The fraction of sp³-hybridized carbons (Fsp3) is 0.440. The molecule has 2 aromatic rings. The SMILES string of the molecule is COc1ccc(S(=O)(=O)NC2CCN(C(=O)C3CC(=O)N(c4ccc(C)c(C)c4)C3)CC2)cc1. The molecule has 0 radical (unpaired) electrons. The third-order valence-corrected chi connectivity index (χ3v) is 8.31. The standard InChI is InChI=1S/C25H31N3O5S/c1-17-4-5-21(14-18(17)2)28-16-19(15-24(28)29)25(30)27-12-10-20(11-13-27)26-34(31,32)23-8-6-22(33-3)7-9-23/h4-9,14,19-20,26H,10-13,15-16H2,1-3H3. The van der Waals surface area contributed by atoms with E-state index in [4.69, 9.17) is 4.74 Å². The van der Waals surface area contributed by atoms with Crippen LogP contribution in [0.1, 0.15) is 30.4 Å². The Morgan fingerprint density at radius 2 is 1.71 bits per heavy atom. The summed E-state index contributed by atoms with van der Waals surface area (Å²) in [6.45, 7) is 5.34. The Morgan fingerprint density at radius 3 is 2.32 bits per heavy atom. The van der Waals surface area contributed by atoms with Gasteiger partial charge in [-0.05, 0) is 74.2 Å². The number of nitrogens with zero attached hydrogens (tertiary/aromatic N) is 2. The minimum atomic E-state index is -3.65. The van der Waals surface area contributed by atoms with Crippen LogP contribution in [0.2, 0.25) is 0 Å². The Labute approximate surface area is 200 Å². The third kappa shape index (κ3) is 5.10. The maximum Gasteiger partial charge on any atom is 0.240 e. The number of piperidine rings is 1. The van der Waals surface area contributed by atoms with Crippen LogP contribution in [0.3, 0.4) is 0 Å². The van der Waals surface area contributed by atoms with Crippen molar-refractivity contribution in [2.24, 2.45) is 5.92 Å². The van der Waals surface area contributed by atoms with Gasteiger partial charge in [-0.15, -0.1) is 0 Å². The number of anilines is 1. The number of nitrogens with one attached hydrogen (secondary N) is 1. The summed E-state index contributed by atoms with van der Waals surface area (Å²) >= 11 is 0. The molecule has 0 aromatic heterocycles. The molecule has 2 heterocycles. The molecule has 2 aliphatic heterocycles. The molecular formula is C25H31N3O5S. The normalized spacial score (nSPS) is 19.5. The summed E-state index contributed by atoms with van der Waals surface area (Å²) in [5.41, 5.74) is 3.10. The number of carbonyl (C=O) groups excluding carboxylic acids is 2. The molecule has 1 unspecified atom stereocenters. The minimum Gasteiger partial charge on any atom is -0.497 e. The topological polar surface area (TPSA) is 96.0 Å². The van der Waals surface area contributed by atoms with E-state index in [1.807, 2.05) is 32.0 Å². The van der Waals surface area contributed by atoms with Gasteiger partial charge in [0.05, 0.1) is 17.9 Å². The maximum atomic E-state index is 13.1. The predicted molar refractivity (Wildman–Crippen MR) is 129 cm³/mol. The number of likely N-dealkylation sites (tertiary alicyclic amines) is 1. The van der Waals surface area contributed by atoms with Crippen LogP contribution < -0.4 is 14.4 Å². The van der Waals surface area contributed by atoms with Crippen molar-refractivity contribution < 1.29 is 22.7 Å². The smallest absolute Gasteiger partial charge is 0.240 e. The summed E-state index contributed by atoms with van der Waals surface area (Å²) in [5, 5.41) is 0. The van der Waals surface area contributed by atoms with E-state index in [1.165, 1.54) is 19.2 Å². The number of amides is 2. The second-order valence-corrected chi connectivity index (χ2v) is 10.8. The van der Waals surface area contributed by atoms with Crippen LogP contribution >= 0.6 is 0 Å². The van der Waals surface area contributed by atoms with E-state index in [1.54, 1.807) is 21.9 Å². The summed E-state index contributed by atoms with van der Waals surface area (Å²) in [4.78, 5) is 29.4. The van der Waals surface area contributed by atoms with Gasteiger partial charge in [0.2, 0.25) is 21.8 Å². The highest BCUT2D eigenvalue weighted by Crippen LogP contribution is 2.29. The number of hydrogen-bond donors (Lipinski definition) is 1. The molecule has 2 amide bonds. The average molecular weight is 486 g/mol. The molecule has 4 rings (SSSR count). The lowest BCUT2D eigenvalue weighted by Gasteiger charge is -2.33. The van der Waals surface area contributed by atoms with Crippen LogP contribution in [-0.2, 0) is 19.6 Å². The average Bonchev–Trinajstić information content (AvgIpc) is 3.22. The van der Waals surface area contributed by atoms with Crippen molar-refractivity contribution in [2.75, 3.05) is 31.6 Å². The Balaban J connectivity index is 1.32. The van der Waals surface area contributed by atoms with Crippen molar-refractivity contribution >= 4 is 27.5 Å². The molecule has 0 saturated carbocycles. The number of sulfonamides is 1. The number of ether oxygens (including phenoxy) is 1. The van der Waals surface area contributed by atoms with Gasteiger partial charge in [0.1, 0.15) is 5.75 Å². The van der Waals surface area contributed by atoms with E-state index in [9.17, 15) is 18.0 Å². The molecule has 1 N–H and O–H groups in total. The van der Waals surface area contributed by atoms with Gasteiger partial charge in [-0.1, -0.05) is 6.07 Å². The lowest BCUT2D eigenvalue weighted by molar-refractivity contribution is -0.136. The zero-order valence-electron chi connectivity index (χ0n) is 19.8. The monoisotopic (exact) mass is 485 g/mol. The summed E-state index contributed by atoms with van der Waals surface area (Å²) < 4.78 is 33.2. The molecule has 0 aliphatic carbocycles. The molecule has 8 nitrogen and oxygen atoms in total. The summed E-state index contributed by atoms with van der Waals surface area (Å²) in [6.07, 6.45) is 1.26. The highest BCUT2D eigenvalue weighted by Gasteiger charge is 2.38. The Hall–Kier alpha value is -2.91. The van der Waals surface area contributed by atoms with Crippen LogP contribution in [0.15, 0.2) is 47.4 Å². The van der Waals surface area contributed by atoms with Crippen LogP contribution in [0.5, 0.6) is 5.75 Å². The maximum absolute atomic E-state index is 13.1. The molecule has 9 heteroatoms. The lowest BCUT2D eigenvalue weighted by Crippen LogP contribution is -2.48. The Morgan fingerprint density at radius 1 is 1.03 bits per heavy atom. The molecule has 2 aliphatic rings. The quantitative estimate of drug-likeness (QED) is 0.679. The first-order chi connectivity index (χ1) is 16.2. The predicted octanol–water partition coefficient (Wildman–Crippen LogP) is 2.63. The first-order valence-corrected chi connectivity index (χ1v) is 13.0. The van der Waals surface area contributed by atoms with Crippen molar-refractivity contribution in [2.45, 2.75) is 44.0 Å². The van der Waals surface area contributed by atoms with Gasteiger partial charge in [0, 0.05) is 37.8 Å². The molecule has 2 fully saturated rings. The second kappa shape index (κ2) is 9.76. The van der Waals surface area contributed by atoms with Crippen molar-refractivity contribution in [3.8, 4) is 5.75 Å². The summed E-state index contributed by atoms with van der Waals surface area (Å²) in [5.74, 6) is 0.147. The van der Waals surface area contributed by atoms with Crippen molar-refractivity contribution in [1.29, 1.82) is 0 Å². The number of methoxy groups -OCH3 is 1. The van der Waals surface area contributed by atoms with E-state index in [-0.39, 0.29) is 35.1 Å². The molecule has 1 atom stereocenters. The van der Waals surface area contributed by atoms with Gasteiger partial charge in [-0.25, -0.2) is 13.1 Å². The van der Waals surface area contributed by atoms with E-state index in [2.05, 4.69) is 4.72 Å². The lowest BCUT2D eigenvalue weighted by atomic mass is 10.0. The highest BCUT2D eigenvalue weighted by molar-refractivity contribution is 7.89. The zero-order valence-corrected chi connectivity index (χ0v) is 20.6. The first-order valence-electron chi connectivity index (χ1n) is 11.5. The molecule has 0 spiro atoms. The molecule has 2 aromatic carbocycles. The first kappa shape index (κ1) is 24.2. The van der Waals surface area contributed by atoms with Crippen LogP contribution in [0, 0.1) is 19.8 Å². The Bertz CT molecular complexity index is 1170. The van der Waals surface area contributed by atoms with Crippen molar-refractivity contribution in [3.05, 3.63) is 53.6 Å². The van der Waals surface area contributed by atoms with Gasteiger partial charge >= 0.3 is 0 Å². The van der Waals surface area contributed by atoms with Crippen molar-refractivity contribution in [3.63, 3.8) is 0 Å². The van der Waals surface area contributed by atoms with E-state index >= 15 is 0 Å². The minimum absolute atomic E-state index is 0.0313. The summed E-state index contributed by atoms with van der Waals surface area (Å²) in [6, 6.07) is 11.9. The van der Waals surface area contributed by atoms with Crippen molar-refractivity contribution in [1.82, 2.24) is 9.62 Å². The molecular weight excluding hydrogens is 454 g/mol. The number of carbonyl (C=O) groups is 2. The van der Waals surface area contributed by atoms with Gasteiger partial charge < -0.3 is 14.5 Å². The molecule has 34 heavy (non-hydrogen) atoms. The molecule has 182 valence electrons. The third-order valence-electron chi connectivity index (χ3n) is 6.77. The number of aryl methyl sites for hydroxylation is 2. The largest absolute Gasteiger partial charge is 0.497 e. The fourth-order valence-electron chi connectivity index (χ4n) is 4.53.